The van der Waals surface area contributed by atoms with Crippen molar-refractivity contribution in [3.05, 3.63) is 34.3 Å². The molecule has 0 atom stereocenters. The van der Waals surface area contributed by atoms with Crippen molar-refractivity contribution in [3.8, 4) is 0 Å². The second kappa shape index (κ2) is 10.0. The Labute approximate surface area is 153 Å². The molecule has 0 heterocycles. The highest BCUT2D eigenvalue weighted by molar-refractivity contribution is 6.31. The van der Waals surface area contributed by atoms with Crippen LogP contribution in [0.15, 0.2) is 18.2 Å². The molecule has 25 heavy (non-hydrogen) atoms. The van der Waals surface area contributed by atoms with Gasteiger partial charge in [0.2, 0.25) is 0 Å². The third-order valence-corrected chi connectivity index (χ3v) is 5.17. The van der Waals surface area contributed by atoms with Crippen LogP contribution in [0.2, 0.25) is 5.02 Å². The Balaban J connectivity index is 0.000000299. The standard InChI is InChI=1S/C13H13ClO2.C6H14O3/c1-8-2-3-9(6-13(8)14)10-4-11(15)7-12(16)5-10;1-2-6(3-7,4-8)5-9/h2-3,6,10H,4-5,7H2,1H3;7-9H,2-5H2,1H3. The van der Waals surface area contributed by atoms with E-state index in [0.29, 0.717) is 24.3 Å². The van der Waals surface area contributed by atoms with Crippen molar-refractivity contribution in [2.75, 3.05) is 19.8 Å². The molecule has 140 valence electrons. The summed E-state index contributed by atoms with van der Waals surface area (Å²) in [6.07, 6.45) is 1.63. The van der Waals surface area contributed by atoms with Gasteiger partial charge in [0.1, 0.15) is 11.6 Å². The molecule has 0 amide bonds. The molecule has 0 bridgehead atoms. The van der Waals surface area contributed by atoms with Crippen molar-refractivity contribution >= 4 is 23.2 Å². The summed E-state index contributed by atoms with van der Waals surface area (Å²) in [5.74, 6) is 0.0998. The van der Waals surface area contributed by atoms with E-state index in [1.807, 2.05) is 32.0 Å². The molecule has 0 saturated heterocycles. The number of rotatable bonds is 5. The molecule has 6 heteroatoms. The molecular formula is C19H27ClO5. The van der Waals surface area contributed by atoms with Gasteiger partial charge in [0, 0.05) is 23.3 Å². The van der Waals surface area contributed by atoms with Gasteiger partial charge in [-0.25, -0.2) is 0 Å². The second-order valence-corrected chi connectivity index (χ2v) is 7.10. The highest BCUT2D eigenvalue weighted by Crippen LogP contribution is 2.31. The van der Waals surface area contributed by atoms with Crippen molar-refractivity contribution in [2.24, 2.45) is 5.41 Å². The molecule has 0 aromatic heterocycles. The van der Waals surface area contributed by atoms with E-state index in [0.717, 1.165) is 11.1 Å². The van der Waals surface area contributed by atoms with Crippen LogP contribution in [0.4, 0.5) is 0 Å². The Kier molecular flexibility index (Phi) is 8.73. The topological polar surface area (TPSA) is 94.8 Å². The lowest BCUT2D eigenvalue weighted by atomic mass is 9.82. The van der Waals surface area contributed by atoms with Crippen LogP contribution < -0.4 is 0 Å². The first-order valence-corrected chi connectivity index (χ1v) is 8.80. The maximum Gasteiger partial charge on any atom is 0.140 e. The van der Waals surface area contributed by atoms with Crippen LogP contribution in [-0.2, 0) is 9.59 Å². The Morgan fingerprint density at radius 2 is 1.60 bits per heavy atom. The Morgan fingerprint density at radius 3 is 1.96 bits per heavy atom. The zero-order valence-electron chi connectivity index (χ0n) is 14.8. The molecule has 0 spiro atoms. The number of halogens is 1. The van der Waals surface area contributed by atoms with Gasteiger partial charge in [0.05, 0.1) is 26.2 Å². The molecule has 5 nitrogen and oxygen atoms in total. The maximum absolute atomic E-state index is 11.4. The van der Waals surface area contributed by atoms with Gasteiger partial charge in [-0.3, -0.25) is 9.59 Å². The zero-order valence-corrected chi connectivity index (χ0v) is 15.6. The van der Waals surface area contributed by atoms with Gasteiger partial charge in [-0.1, -0.05) is 30.7 Å². The number of hydrogen-bond donors (Lipinski definition) is 3. The number of hydrogen-bond acceptors (Lipinski definition) is 5. The smallest absolute Gasteiger partial charge is 0.140 e. The monoisotopic (exact) mass is 370 g/mol. The summed E-state index contributed by atoms with van der Waals surface area (Å²) in [5, 5.41) is 26.7. The van der Waals surface area contributed by atoms with E-state index in [1.54, 1.807) is 0 Å². The first-order chi connectivity index (χ1) is 11.8. The summed E-state index contributed by atoms with van der Waals surface area (Å²) >= 11 is 6.04. The SMILES string of the molecule is CCC(CO)(CO)CO.Cc1ccc(C2CC(=O)CC(=O)C2)cc1Cl. The van der Waals surface area contributed by atoms with Crippen LogP contribution in [0.25, 0.3) is 0 Å². The highest BCUT2D eigenvalue weighted by Gasteiger charge is 2.26. The molecule has 1 aliphatic rings. The summed E-state index contributed by atoms with van der Waals surface area (Å²) in [5.41, 5.74) is 1.34. The molecule has 1 aromatic carbocycles. The van der Waals surface area contributed by atoms with Gasteiger partial charge < -0.3 is 15.3 Å². The summed E-state index contributed by atoms with van der Waals surface area (Å²) in [7, 11) is 0. The number of aliphatic hydroxyl groups is 3. The minimum Gasteiger partial charge on any atom is -0.396 e. The minimum atomic E-state index is -0.667. The molecule has 0 aliphatic heterocycles. The molecule has 1 fully saturated rings. The van der Waals surface area contributed by atoms with Gasteiger partial charge in [-0.2, -0.15) is 0 Å². The number of aliphatic hydroxyl groups excluding tert-OH is 3. The predicted octanol–water partition coefficient (Wildman–Crippen LogP) is 2.41. The number of ketones is 2. The molecule has 0 unspecified atom stereocenters. The van der Waals surface area contributed by atoms with Crippen LogP contribution in [0.1, 0.15) is 49.7 Å². The molecule has 3 N–H and O–H groups in total. The number of carbonyl (C=O) groups is 2. The third kappa shape index (κ3) is 6.19. The van der Waals surface area contributed by atoms with Crippen LogP contribution in [0.3, 0.4) is 0 Å². The summed E-state index contributed by atoms with van der Waals surface area (Å²) in [6, 6.07) is 5.76. The van der Waals surface area contributed by atoms with E-state index in [1.165, 1.54) is 0 Å². The fourth-order valence-electron chi connectivity index (χ4n) is 2.57. The van der Waals surface area contributed by atoms with E-state index in [4.69, 9.17) is 26.9 Å². The lowest BCUT2D eigenvalue weighted by molar-refractivity contribution is -0.130. The first kappa shape index (κ1) is 21.8. The van der Waals surface area contributed by atoms with Crippen LogP contribution >= 0.6 is 11.6 Å². The quantitative estimate of drug-likeness (QED) is 0.692. The van der Waals surface area contributed by atoms with E-state index < -0.39 is 5.41 Å². The second-order valence-electron chi connectivity index (χ2n) is 6.70. The Morgan fingerprint density at radius 1 is 1.08 bits per heavy atom. The molecule has 0 radical (unpaired) electrons. The van der Waals surface area contributed by atoms with Crippen LogP contribution in [-0.4, -0.2) is 46.7 Å². The van der Waals surface area contributed by atoms with Crippen LogP contribution in [0.5, 0.6) is 0 Å². The van der Waals surface area contributed by atoms with Crippen molar-refractivity contribution in [1.82, 2.24) is 0 Å². The predicted molar refractivity (Wildman–Crippen MR) is 96.8 cm³/mol. The number of aryl methyl sites for hydroxylation is 1. The minimum absolute atomic E-state index is 0.0202. The highest BCUT2D eigenvalue weighted by atomic mass is 35.5. The normalized spacial score (nSPS) is 15.8. The van der Waals surface area contributed by atoms with Gasteiger partial charge in [0.25, 0.3) is 0 Å². The Hall–Kier alpha value is -1.27. The van der Waals surface area contributed by atoms with Gasteiger partial charge in [0.15, 0.2) is 0 Å². The van der Waals surface area contributed by atoms with Crippen molar-refractivity contribution in [1.29, 1.82) is 0 Å². The van der Waals surface area contributed by atoms with Gasteiger partial charge in [-0.05, 0) is 36.5 Å². The molecular weight excluding hydrogens is 344 g/mol. The lowest BCUT2D eigenvalue weighted by Crippen LogP contribution is -2.32. The summed E-state index contributed by atoms with van der Waals surface area (Å²) < 4.78 is 0. The van der Waals surface area contributed by atoms with E-state index >= 15 is 0 Å². The van der Waals surface area contributed by atoms with Gasteiger partial charge in [-0.15, -0.1) is 0 Å². The third-order valence-electron chi connectivity index (χ3n) is 4.77. The average molecular weight is 371 g/mol. The zero-order chi connectivity index (χ0) is 19.0. The van der Waals surface area contributed by atoms with E-state index in [9.17, 15) is 9.59 Å². The van der Waals surface area contributed by atoms with Gasteiger partial charge >= 0.3 is 0 Å². The fraction of sp³-hybridized carbons (Fsp3) is 0.579. The van der Waals surface area contributed by atoms with E-state index in [2.05, 4.69) is 0 Å². The molecule has 1 saturated carbocycles. The van der Waals surface area contributed by atoms with E-state index in [-0.39, 0.29) is 43.7 Å². The number of Topliss-reactive ketones (excluding diaryl/α,β-unsaturated/α-hetero) is 2. The number of benzene rings is 1. The molecule has 1 aliphatic carbocycles. The number of carbonyl (C=O) groups excluding carboxylic acids is 2. The molecule has 2 rings (SSSR count). The van der Waals surface area contributed by atoms with Crippen molar-refractivity contribution in [2.45, 2.75) is 45.4 Å². The summed E-state index contributed by atoms with van der Waals surface area (Å²) in [6.45, 7) is 3.29. The van der Waals surface area contributed by atoms with Crippen LogP contribution in [0, 0.1) is 12.3 Å². The summed E-state index contributed by atoms with van der Waals surface area (Å²) in [4.78, 5) is 22.7. The fourth-order valence-corrected chi connectivity index (χ4v) is 2.76. The largest absolute Gasteiger partial charge is 0.396 e. The average Bonchev–Trinajstić information content (AvgIpc) is 2.60. The Bertz CT molecular complexity index is 562. The van der Waals surface area contributed by atoms with Crippen molar-refractivity contribution in [3.63, 3.8) is 0 Å². The van der Waals surface area contributed by atoms with Crippen molar-refractivity contribution < 1.29 is 24.9 Å². The lowest BCUT2D eigenvalue weighted by Gasteiger charge is -2.24. The maximum atomic E-state index is 11.4. The first-order valence-electron chi connectivity index (χ1n) is 8.42. The molecule has 1 aromatic rings.